The number of benzene rings is 2. The summed E-state index contributed by atoms with van der Waals surface area (Å²) in [5.74, 6) is -0.367. The molecule has 1 aliphatic rings. The van der Waals surface area contributed by atoms with Gasteiger partial charge in [0, 0.05) is 31.9 Å². The number of aromatic hydroxyl groups is 1. The molecule has 150 valence electrons. The predicted molar refractivity (Wildman–Crippen MR) is 110 cm³/mol. The van der Waals surface area contributed by atoms with Crippen molar-refractivity contribution < 1.29 is 15.0 Å². The Balaban J connectivity index is 1.57. The molecule has 28 heavy (non-hydrogen) atoms. The van der Waals surface area contributed by atoms with Crippen molar-refractivity contribution in [1.82, 2.24) is 5.32 Å². The van der Waals surface area contributed by atoms with Gasteiger partial charge in [-0.1, -0.05) is 30.7 Å². The van der Waals surface area contributed by atoms with E-state index in [1.165, 1.54) is 24.2 Å². The van der Waals surface area contributed by atoms with Crippen LogP contribution in [0.15, 0.2) is 48.5 Å². The highest BCUT2D eigenvalue weighted by molar-refractivity contribution is 5.95. The third-order valence-corrected chi connectivity index (χ3v) is 5.61. The van der Waals surface area contributed by atoms with Crippen LogP contribution in [0, 0.1) is 5.92 Å². The first kappa shape index (κ1) is 20.2. The Kier molecular flexibility index (Phi) is 6.54. The Morgan fingerprint density at radius 3 is 2.71 bits per heavy atom. The number of nitrogens with one attached hydrogen (secondary N) is 1. The molecule has 1 fully saturated rings. The van der Waals surface area contributed by atoms with E-state index in [1.807, 2.05) is 18.2 Å². The van der Waals surface area contributed by atoms with Crippen molar-refractivity contribution in [3.63, 3.8) is 0 Å². The van der Waals surface area contributed by atoms with Gasteiger partial charge < -0.3 is 26.2 Å². The van der Waals surface area contributed by atoms with E-state index in [0.29, 0.717) is 24.1 Å². The second kappa shape index (κ2) is 9.08. The topological polar surface area (TPSA) is 98.8 Å². The SMILES string of the molecule is CN(CC1CCCC1NCC(O)c1ccc(O)c(C(N)=O)c1)c1ccccc1. The molecular weight excluding hydrogens is 354 g/mol. The number of primary amides is 1. The molecule has 0 aliphatic heterocycles. The molecular formula is C22H29N3O3. The van der Waals surface area contributed by atoms with E-state index in [4.69, 9.17) is 5.73 Å². The summed E-state index contributed by atoms with van der Waals surface area (Å²) >= 11 is 0. The molecule has 2 aromatic carbocycles. The molecule has 0 saturated heterocycles. The van der Waals surface area contributed by atoms with Crippen LogP contribution < -0.4 is 16.0 Å². The monoisotopic (exact) mass is 383 g/mol. The highest BCUT2D eigenvalue weighted by Gasteiger charge is 2.28. The van der Waals surface area contributed by atoms with Crippen LogP contribution in [-0.2, 0) is 0 Å². The van der Waals surface area contributed by atoms with E-state index >= 15 is 0 Å². The highest BCUT2D eigenvalue weighted by Crippen LogP contribution is 2.28. The number of carbonyl (C=O) groups excluding carboxylic acids is 1. The molecule has 5 N–H and O–H groups in total. The quantitative estimate of drug-likeness (QED) is 0.561. The van der Waals surface area contributed by atoms with Crippen LogP contribution in [0.2, 0.25) is 0 Å². The Bertz CT molecular complexity index is 797. The van der Waals surface area contributed by atoms with Gasteiger partial charge in [0.2, 0.25) is 0 Å². The zero-order valence-electron chi connectivity index (χ0n) is 16.2. The summed E-state index contributed by atoms with van der Waals surface area (Å²) < 4.78 is 0. The number of hydrogen-bond donors (Lipinski definition) is 4. The van der Waals surface area contributed by atoms with Gasteiger partial charge in [0.05, 0.1) is 11.7 Å². The van der Waals surface area contributed by atoms with Crippen molar-refractivity contribution in [2.75, 3.05) is 25.0 Å². The maximum atomic E-state index is 11.4. The smallest absolute Gasteiger partial charge is 0.252 e. The largest absolute Gasteiger partial charge is 0.507 e. The lowest BCUT2D eigenvalue weighted by molar-refractivity contribution is 0.0997. The first-order valence-corrected chi connectivity index (χ1v) is 9.76. The molecule has 0 radical (unpaired) electrons. The number of aliphatic hydroxyl groups is 1. The van der Waals surface area contributed by atoms with Crippen LogP contribution >= 0.6 is 0 Å². The maximum Gasteiger partial charge on any atom is 0.252 e. The number of rotatable bonds is 8. The van der Waals surface area contributed by atoms with Gasteiger partial charge in [-0.2, -0.15) is 0 Å². The number of anilines is 1. The minimum atomic E-state index is -0.771. The first-order chi connectivity index (χ1) is 13.5. The number of nitrogens with zero attached hydrogens (tertiary/aromatic N) is 1. The standard InChI is InChI=1S/C22H29N3O3/c1-25(17-7-3-2-4-8-17)14-16-6-5-9-19(16)24-13-21(27)15-10-11-20(26)18(12-15)22(23)28/h2-4,7-8,10-12,16,19,21,24,26-27H,5-6,9,13-14H2,1H3,(H2,23,28). The molecule has 3 rings (SSSR count). The van der Waals surface area contributed by atoms with Gasteiger partial charge >= 0.3 is 0 Å². The fraction of sp³-hybridized carbons (Fsp3) is 0.409. The molecule has 0 aromatic heterocycles. The van der Waals surface area contributed by atoms with Crippen LogP contribution in [0.25, 0.3) is 0 Å². The number of phenols is 1. The predicted octanol–water partition coefficient (Wildman–Crippen LogP) is 2.42. The number of hydrogen-bond acceptors (Lipinski definition) is 5. The van der Waals surface area contributed by atoms with E-state index in [9.17, 15) is 15.0 Å². The van der Waals surface area contributed by atoms with Crippen molar-refractivity contribution in [3.8, 4) is 5.75 Å². The molecule has 3 atom stereocenters. The molecule has 0 spiro atoms. The lowest BCUT2D eigenvalue weighted by atomic mass is 10.0. The number of amides is 1. The molecule has 0 heterocycles. The molecule has 3 unspecified atom stereocenters. The second-order valence-corrected chi connectivity index (χ2v) is 7.58. The molecule has 2 aromatic rings. The Morgan fingerprint density at radius 2 is 2.00 bits per heavy atom. The maximum absolute atomic E-state index is 11.4. The van der Waals surface area contributed by atoms with Gasteiger partial charge in [-0.25, -0.2) is 0 Å². The number of nitrogens with two attached hydrogens (primary N) is 1. The van der Waals surface area contributed by atoms with Gasteiger partial charge in [-0.15, -0.1) is 0 Å². The number of para-hydroxylation sites is 1. The second-order valence-electron chi connectivity index (χ2n) is 7.58. The van der Waals surface area contributed by atoms with E-state index in [2.05, 4.69) is 29.4 Å². The van der Waals surface area contributed by atoms with E-state index < -0.39 is 12.0 Å². The zero-order chi connectivity index (χ0) is 20.1. The molecule has 1 aliphatic carbocycles. The summed E-state index contributed by atoms with van der Waals surface area (Å²) in [4.78, 5) is 13.7. The molecule has 6 nitrogen and oxygen atoms in total. The Hall–Kier alpha value is -2.57. The summed E-state index contributed by atoms with van der Waals surface area (Å²) in [5.41, 5.74) is 7.07. The first-order valence-electron chi connectivity index (χ1n) is 9.76. The summed E-state index contributed by atoms with van der Waals surface area (Å²) in [6, 6.07) is 15.1. The van der Waals surface area contributed by atoms with Gasteiger partial charge in [-0.05, 0) is 48.6 Å². The molecule has 0 bridgehead atoms. The highest BCUT2D eigenvalue weighted by atomic mass is 16.3. The van der Waals surface area contributed by atoms with Gasteiger partial charge in [-0.3, -0.25) is 4.79 Å². The third-order valence-electron chi connectivity index (χ3n) is 5.61. The van der Waals surface area contributed by atoms with Crippen molar-refractivity contribution in [1.29, 1.82) is 0 Å². The van der Waals surface area contributed by atoms with E-state index in [0.717, 1.165) is 19.4 Å². The fourth-order valence-corrected chi connectivity index (χ4v) is 4.00. The Labute approximate surface area is 166 Å². The van der Waals surface area contributed by atoms with Gasteiger partial charge in [0.1, 0.15) is 5.75 Å². The van der Waals surface area contributed by atoms with Crippen molar-refractivity contribution in [2.45, 2.75) is 31.4 Å². The minimum absolute atomic E-state index is 0.0276. The normalized spacial score (nSPS) is 20.1. The van der Waals surface area contributed by atoms with Gasteiger partial charge in [0.25, 0.3) is 5.91 Å². The fourth-order valence-electron chi connectivity index (χ4n) is 4.00. The molecule has 6 heteroatoms. The average Bonchev–Trinajstić information content (AvgIpc) is 3.13. The average molecular weight is 383 g/mol. The van der Waals surface area contributed by atoms with Crippen LogP contribution in [0.4, 0.5) is 5.69 Å². The summed E-state index contributed by atoms with van der Waals surface area (Å²) in [7, 11) is 2.11. The van der Waals surface area contributed by atoms with E-state index in [-0.39, 0.29) is 11.3 Å². The van der Waals surface area contributed by atoms with Crippen molar-refractivity contribution in [2.24, 2.45) is 11.7 Å². The molecule has 1 amide bonds. The van der Waals surface area contributed by atoms with Crippen LogP contribution in [0.3, 0.4) is 0 Å². The van der Waals surface area contributed by atoms with Gasteiger partial charge in [0.15, 0.2) is 0 Å². The zero-order valence-corrected chi connectivity index (χ0v) is 16.2. The van der Waals surface area contributed by atoms with Crippen molar-refractivity contribution in [3.05, 3.63) is 59.7 Å². The molecule has 1 saturated carbocycles. The summed E-state index contributed by atoms with van der Waals surface area (Å²) in [6.07, 6.45) is 2.65. The van der Waals surface area contributed by atoms with Crippen LogP contribution in [0.1, 0.15) is 41.3 Å². The lowest BCUT2D eigenvalue weighted by Crippen LogP contribution is -2.40. The summed E-state index contributed by atoms with van der Waals surface area (Å²) in [6.45, 7) is 1.35. The van der Waals surface area contributed by atoms with E-state index in [1.54, 1.807) is 6.07 Å². The summed E-state index contributed by atoms with van der Waals surface area (Å²) in [5, 5.41) is 23.7. The number of carbonyl (C=O) groups is 1. The van der Waals surface area contributed by atoms with Crippen molar-refractivity contribution >= 4 is 11.6 Å². The lowest BCUT2D eigenvalue weighted by Gasteiger charge is -2.28. The van der Waals surface area contributed by atoms with Crippen LogP contribution in [-0.4, -0.2) is 42.3 Å². The Morgan fingerprint density at radius 1 is 1.25 bits per heavy atom. The van der Waals surface area contributed by atoms with Crippen LogP contribution in [0.5, 0.6) is 5.75 Å². The third kappa shape index (κ3) is 4.82. The number of aliphatic hydroxyl groups excluding tert-OH is 1. The minimum Gasteiger partial charge on any atom is -0.507 e.